The van der Waals surface area contributed by atoms with Crippen LogP contribution in [0.5, 0.6) is 0 Å². The summed E-state index contributed by atoms with van der Waals surface area (Å²) in [6.45, 7) is 0.294. The molecule has 21 heavy (non-hydrogen) atoms. The first kappa shape index (κ1) is 11.7. The van der Waals surface area contributed by atoms with Crippen LogP contribution in [0.25, 0.3) is 10.9 Å². The predicted octanol–water partition coefficient (Wildman–Crippen LogP) is 1.37. The molecule has 1 N–H and O–H groups in total. The van der Waals surface area contributed by atoms with E-state index in [1.165, 1.54) is 0 Å². The molecule has 0 spiro atoms. The van der Waals surface area contributed by atoms with Crippen molar-refractivity contribution in [2.75, 3.05) is 0 Å². The van der Waals surface area contributed by atoms with Gasteiger partial charge in [-0.1, -0.05) is 6.07 Å². The van der Waals surface area contributed by atoms with Gasteiger partial charge in [0.1, 0.15) is 11.5 Å². The summed E-state index contributed by atoms with van der Waals surface area (Å²) in [6.07, 6.45) is 1.56. The number of nitrogens with one attached hydrogen (secondary N) is 1. The number of furan rings is 1. The molecule has 3 aromatic rings. The second-order valence-electron chi connectivity index (χ2n) is 4.53. The second kappa shape index (κ2) is 4.48. The number of carbonyl (C=O) groups is 1. The van der Waals surface area contributed by atoms with E-state index in [2.05, 4.69) is 25.7 Å². The monoisotopic (exact) mass is 279 g/mol. The summed E-state index contributed by atoms with van der Waals surface area (Å²) < 4.78 is 5.17. The molecule has 0 bridgehead atoms. The van der Waals surface area contributed by atoms with E-state index in [9.17, 15) is 4.79 Å². The van der Waals surface area contributed by atoms with Gasteiger partial charge in [0.15, 0.2) is 5.71 Å². The van der Waals surface area contributed by atoms with Crippen LogP contribution in [-0.4, -0.2) is 27.0 Å². The van der Waals surface area contributed by atoms with Crippen LogP contribution in [0.15, 0.2) is 46.0 Å². The van der Waals surface area contributed by atoms with E-state index in [-0.39, 0.29) is 11.6 Å². The quantitative estimate of drug-likeness (QED) is 0.781. The van der Waals surface area contributed by atoms with E-state index in [0.29, 0.717) is 29.2 Å². The third-order valence-electron chi connectivity index (χ3n) is 3.23. The van der Waals surface area contributed by atoms with Crippen LogP contribution in [-0.2, 0) is 11.3 Å². The fourth-order valence-electron chi connectivity index (χ4n) is 2.27. The standard InChI is InChI=1S/C14H9N5O2/c20-14(15-7-8-3-2-6-21-8)13-12-11-9(16-13)4-1-5-10(11)17-19-18-12/h1-6H,7H2,(H,15,20). The number of hydrogen-bond acceptors (Lipinski definition) is 6. The second-order valence-corrected chi connectivity index (χ2v) is 4.53. The summed E-state index contributed by atoms with van der Waals surface area (Å²) in [5, 5.41) is 15.1. The summed E-state index contributed by atoms with van der Waals surface area (Å²) in [6, 6.07) is 9.01. The highest BCUT2D eigenvalue weighted by Gasteiger charge is 2.26. The van der Waals surface area contributed by atoms with Crippen LogP contribution in [0.1, 0.15) is 11.5 Å². The van der Waals surface area contributed by atoms with Gasteiger partial charge >= 0.3 is 0 Å². The smallest absolute Gasteiger partial charge is 0.272 e. The molecule has 0 saturated heterocycles. The zero-order valence-corrected chi connectivity index (χ0v) is 10.8. The highest BCUT2D eigenvalue weighted by Crippen LogP contribution is 2.32. The molecule has 2 aromatic heterocycles. The summed E-state index contributed by atoms with van der Waals surface area (Å²) >= 11 is 0. The Morgan fingerprint density at radius 3 is 3.00 bits per heavy atom. The molecule has 1 aromatic carbocycles. The van der Waals surface area contributed by atoms with E-state index >= 15 is 0 Å². The first-order valence-electron chi connectivity index (χ1n) is 6.34. The highest BCUT2D eigenvalue weighted by molar-refractivity contribution is 6.49. The fourth-order valence-corrected chi connectivity index (χ4v) is 2.27. The van der Waals surface area contributed by atoms with Crippen molar-refractivity contribution >= 4 is 28.2 Å². The molecule has 3 heterocycles. The molecular formula is C14H9N5O2. The van der Waals surface area contributed by atoms with E-state index in [1.807, 2.05) is 18.2 Å². The Labute approximate surface area is 118 Å². The lowest BCUT2D eigenvalue weighted by atomic mass is 10.1. The van der Waals surface area contributed by atoms with E-state index in [4.69, 9.17) is 4.42 Å². The first-order chi connectivity index (χ1) is 10.3. The van der Waals surface area contributed by atoms with Gasteiger partial charge in [-0.25, -0.2) is 4.99 Å². The summed E-state index contributed by atoms with van der Waals surface area (Å²) in [5.41, 5.74) is 2.08. The summed E-state index contributed by atoms with van der Waals surface area (Å²) in [5.74, 6) is 0.356. The third-order valence-corrected chi connectivity index (χ3v) is 3.23. The number of amides is 1. The number of carbonyl (C=O) groups excluding carboxylic acids is 1. The minimum absolute atomic E-state index is 0.252. The Morgan fingerprint density at radius 2 is 2.14 bits per heavy atom. The highest BCUT2D eigenvalue weighted by atomic mass is 16.3. The van der Waals surface area contributed by atoms with Crippen molar-refractivity contribution < 1.29 is 9.21 Å². The lowest BCUT2D eigenvalue weighted by molar-refractivity contribution is -0.115. The maximum atomic E-state index is 12.3. The molecule has 7 heteroatoms. The summed E-state index contributed by atoms with van der Waals surface area (Å²) in [4.78, 5) is 16.6. The van der Waals surface area contributed by atoms with Gasteiger partial charge in [-0.2, -0.15) is 0 Å². The zero-order valence-electron chi connectivity index (χ0n) is 10.8. The van der Waals surface area contributed by atoms with Gasteiger partial charge in [-0.05, 0) is 29.5 Å². The van der Waals surface area contributed by atoms with Crippen molar-refractivity contribution in [3.8, 4) is 0 Å². The van der Waals surface area contributed by atoms with Crippen molar-refractivity contribution in [3.05, 3.63) is 48.0 Å². The van der Waals surface area contributed by atoms with Gasteiger partial charge in [0.05, 0.1) is 29.4 Å². The Bertz CT molecular complexity index is 865. The van der Waals surface area contributed by atoms with Gasteiger partial charge < -0.3 is 9.73 Å². The van der Waals surface area contributed by atoms with Crippen molar-refractivity contribution in [1.82, 2.24) is 20.7 Å². The largest absolute Gasteiger partial charge is 0.467 e. The lowest BCUT2D eigenvalue weighted by Gasteiger charge is -2.03. The number of aliphatic imine (C=N–C) groups is 1. The van der Waals surface area contributed by atoms with Crippen LogP contribution < -0.4 is 5.32 Å². The minimum Gasteiger partial charge on any atom is -0.467 e. The maximum Gasteiger partial charge on any atom is 0.272 e. The van der Waals surface area contributed by atoms with Gasteiger partial charge in [-0.3, -0.25) is 4.79 Å². The van der Waals surface area contributed by atoms with Crippen LogP contribution in [0.4, 0.5) is 5.69 Å². The molecule has 1 amide bonds. The van der Waals surface area contributed by atoms with Crippen molar-refractivity contribution in [3.63, 3.8) is 0 Å². The fraction of sp³-hybridized carbons (Fsp3) is 0.0714. The molecule has 1 aliphatic heterocycles. The van der Waals surface area contributed by atoms with Crippen LogP contribution >= 0.6 is 0 Å². The van der Waals surface area contributed by atoms with Crippen LogP contribution in [0.2, 0.25) is 0 Å². The molecule has 7 nitrogen and oxygen atoms in total. The SMILES string of the molecule is O=C(NCc1ccco1)C1=Nc2cccc3nnnc1c23. The van der Waals surface area contributed by atoms with Gasteiger partial charge in [0.2, 0.25) is 0 Å². The summed E-state index contributed by atoms with van der Waals surface area (Å²) in [7, 11) is 0. The number of hydrogen-bond donors (Lipinski definition) is 1. The van der Waals surface area contributed by atoms with E-state index in [1.54, 1.807) is 18.4 Å². The van der Waals surface area contributed by atoms with Crippen LogP contribution in [0, 0.1) is 0 Å². The number of aromatic nitrogens is 3. The number of nitrogens with zero attached hydrogens (tertiary/aromatic N) is 4. The molecular weight excluding hydrogens is 270 g/mol. The Hall–Kier alpha value is -3.09. The molecule has 1 aliphatic rings. The average molecular weight is 279 g/mol. The predicted molar refractivity (Wildman–Crippen MR) is 74.1 cm³/mol. The normalized spacial score (nSPS) is 12.5. The Balaban J connectivity index is 1.65. The van der Waals surface area contributed by atoms with E-state index < -0.39 is 0 Å². The molecule has 0 fully saturated rings. The molecule has 0 unspecified atom stereocenters. The van der Waals surface area contributed by atoms with Crippen molar-refractivity contribution in [2.24, 2.45) is 4.99 Å². The molecule has 102 valence electrons. The molecule has 0 saturated carbocycles. The van der Waals surface area contributed by atoms with Crippen molar-refractivity contribution in [2.45, 2.75) is 6.54 Å². The molecule has 0 radical (unpaired) electrons. The number of benzene rings is 1. The third kappa shape index (κ3) is 1.86. The molecule has 0 aliphatic carbocycles. The van der Waals surface area contributed by atoms with Gasteiger partial charge in [0.25, 0.3) is 5.91 Å². The lowest BCUT2D eigenvalue weighted by Crippen LogP contribution is -2.31. The first-order valence-corrected chi connectivity index (χ1v) is 6.34. The number of rotatable bonds is 3. The van der Waals surface area contributed by atoms with Crippen molar-refractivity contribution in [1.29, 1.82) is 0 Å². The maximum absolute atomic E-state index is 12.3. The van der Waals surface area contributed by atoms with Gasteiger partial charge in [0, 0.05) is 0 Å². The molecule has 4 rings (SSSR count). The topological polar surface area (TPSA) is 93.3 Å². The van der Waals surface area contributed by atoms with Crippen LogP contribution in [0.3, 0.4) is 0 Å². The average Bonchev–Trinajstić information content (AvgIpc) is 3.15. The Morgan fingerprint density at radius 1 is 1.19 bits per heavy atom. The van der Waals surface area contributed by atoms with E-state index in [0.717, 1.165) is 5.39 Å². The minimum atomic E-state index is -0.315. The zero-order chi connectivity index (χ0) is 14.2. The van der Waals surface area contributed by atoms with Gasteiger partial charge in [-0.15, -0.1) is 10.2 Å². The Kier molecular flexibility index (Phi) is 2.50. The molecule has 0 atom stereocenters.